The molecule has 2 aromatic carbocycles. The van der Waals surface area contributed by atoms with Gasteiger partial charge in [-0.3, -0.25) is 14.6 Å². The van der Waals surface area contributed by atoms with Crippen LogP contribution in [-0.4, -0.2) is 94.9 Å². The first-order valence-electron chi connectivity index (χ1n) is 15.3. The molecule has 3 aliphatic heterocycles. The molecule has 7 rings (SSSR count). The Morgan fingerprint density at radius 3 is 2.43 bits per heavy atom. The second kappa shape index (κ2) is 12.3. The first-order chi connectivity index (χ1) is 20.7. The lowest BCUT2D eigenvalue weighted by Crippen LogP contribution is -2.53. The molecule has 42 heavy (non-hydrogen) atoms. The highest BCUT2D eigenvalue weighted by Gasteiger charge is 2.31. The second-order valence-corrected chi connectivity index (χ2v) is 11.5. The van der Waals surface area contributed by atoms with Crippen LogP contribution >= 0.6 is 0 Å². The molecule has 0 radical (unpaired) electrons. The number of piperazine rings is 1. The molecule has 0 saturated carbocycles. The van der Waals surface area contributed by atoms with E-state index in [1.807, 2.05) is 23.4 Å². The number of nitrogens with zero attached hydrogens (tertiary/aromatic N) is 6. The molecule has 3 aliphatic rings. The number of hydrogen-bond donors (Lipinski definition) is 3. The summed E-state index contributed by atoms with van der Waals surface area (Å²) >= 11 is 0. The predicted octanol–water partition coefficient (Wildman–Crippen LogP) is 4.16. The minimum atomic E-state index is 0.103. The van der Waals surface area contributed by atoms with Crippen LogP contribution < -0.4 is 15.3 Å². The van der Waals surface area contributed by atoms with Gasteiger partial charge in [0.2, 0.25) is 5.95 Å². The molecule has 0 spiro atoms. The standard InChI is InChI=1S/C32H40N8O2/c41-22-21-37-17-19-39(20-18-37)27-11-15-38(16-12-27)26-8-6-25(7-9-26)34-32-35-30-28(10-14-33-30)31(36-32)40-29(13-23-42-40)24-4-2-1-3-5-24/h1-10,14,27,29,41H,11-13,15-23H2,(H2,33,34,35,36)/t29-/m0/s1. The maximum Gasteiger partial charge on any atom is 0.231 e. The Bertz CT molecular complexity index is 1450. The summed E-state index contributed by atoms with van der Waals surface area (Å²) in [5.41, 5.74) is 4.20. The van der Waals surface area contributed by atoms with E-state index in [4.69, 9.17) is 14.8 Å². The van der Waals surface area contributed by atoms with Gasteiger partial charge < -0.3 is 20.3 Å². The fourth-order valence-corrected chi connectivity index (χ4v) is 6.67. The fourth-order valence-electron chi connectivity index (χ4n) is 6.67. The van der Waals surface area contributed by atoms with Crippen molar-refractivity contribution >= 4 is 34.2 Å². The molecule has 4 aromatic rings. The minimum Gasteiger partial charge on any atom is -0.395 e. The van der Waals surface area contributed by atoms with Gasteiger partial charge in [-0.2, -0.15) is 9.97 Å². The van der Waals surface area contributed by atoms with Gasteiger partial charge in [0.25, 0.3) is 0 Å². The average molecular weight is 569 g/mol. The summed E-state index contributed by atoms with van der Waals surface area (Å²) < 4.78 is 0. The van der Waals surface area contributed by atoms with Crippen LogP contribution in [-0.2, 0) is 4.84 Å². The van der Waals surface area contributed by atoms with Crippen molar-refractivity contribution in [2.24, 2.45) is 0 Å². The number of aliphatic hydroxyl groups is 1. The second-order valence-electron chi connectivity index (χ2n) is 11.5. The number of H-pyrrole nitrogens is 1. The van der Waals surface area contributed by atoms with Crippen molar-refractivity contribution in [3.63, 3.8) is 0 Å². The van der Waals surface area contributed by atoms with Gasteiger partial charge in [-0.1, -0.05) is 30.3 Å². The Labute approximate surface area is 246 Å². The normalized spacial score (nSPS) is 20.9. The van der Waals surface area contributed by atoms with Crippen molar-refractivity contribution in [3.8, 4) is 0 Å². The summed E-state index contributed by atoms with van der Waals surface area (Å²) in [5, 5.41) is 15.5. The van der Waals surface area contributed by atoms with E-state index in [0.29, 0.717) is 18.6 Å². The zero-order chi connectivity index (χ0) is 28.3. The van der Waals surface area contributed by atoms with Crippen molar-refractivity contribution < 1.29 is 9.94 Å². The number of aromatic amines is 1. The minimum absolute atomic E-state index is 0.103. The summed E-state index contributed by atoms with van der Waals surface area (Å²) in [6.07, 6.45) is 5.18. The van der Waals surface area contributed by atoms with Crippen LogP contribution in [0, 0.1) is 0 Å². The maximum atomic E-state index is 9.21. The summed E-state index contributed by atoms with van der Waals surface area (Å²) in [6, 6.07) is 21.9. The third-order valence-electron chi connectivity index (χ3n) is 8.99. The van der Waals surface area contributed by atoms with E-state index in [9.17, 15) is 5.11 Å². The predicted molar refractivity (Wildman–Crippen MR) is 166 cm³/mol. The lowest BCUT2D eigenvalue weighted by Gasteiger charge is -2.43. The lowest BCUT2D eigenvalue weighted by atomic mass is 10.0. The largest absolute Gasteiger partial charge is 0.395 e. The number of aromatic nitrogens is 3. The Morgan fingerprint density at radius 2 is 1.67 bits per heavy atom. The van der Waals surface area contributed by atoms with Gasteiger partial charge in [-0.25, -0.2) is 5.06 Å². The van der Waals surface area contributed by atoms with Gasteiger partial charge in [-0.05, 0) is 48.7 Å². The Morgan fingerprint density at radius 1 is 0.881 bits per heavy atom. The van der Waals surface area contributed by atoms with Crippen molar-refractivity contribution in [1.29, 1.82) is 0 Å². The van der Waals surface area contributed by atoms with Gasteiger partial charge >= 0.3 is 0 Å². The number of fused-ring (bicyclic) bond motifs is 1. The van der Waals surface area contributed by atoms with Crippen LogP contribution in [0.2, 0.25) is 0 Å². The highest BCUT2D eigenvalue weighted by Crippen LogP contribution is 2.37. The quantitative estimate of drug-likeness (QED) is 0.290. The van der Waals surface area contributed by atoms with Crippen molar-refractivity contribution in [2.45, 2.75) is 31.3 Å². The van der Waals surface area contributed by atoms with Crippen LogP contribution in [0.4, 0.5) is 23.1 Å². The van der Waals surface area contributed by atoms with Gasteiger partial charge in [0.1, 0.15) is 5.65 Å². The Kier molecular flexibility index (Phi) is 7.93. The van der Waals surface area contributed by atoms with Gasteiger partial charge in [-0.15, -0.1) is 0 Å². The smallest absolute Gasteiger partial charge is 0.231 e. The third-order valence-corrected chi connectivity index (χ3v) is 8.99. The Hall–Kier alpha value is -3.70. The molecule has 3 saturated heterocycles. The molecular weight excluding hydrogens is 528 g/mol. The number of anilines is 4. The number of nitrogens with one attached hydrogen (secondary N) is 2. The van der Waals surface area contributed by atoms with Gasteiger partial charge in [0.15, 0.2) is 5.82 Å². The number of aliphatic hydroxyl groups excluding tert-OH is 1. The molecule has 1 atom stereocenters. The highest BCUT2D eigenvalue weighted by atomic mass is 16.7. The van der Waals surface area contributed by atoms with Crippen molar-refractivity contribution in [2.75, 3.05) is 74.3 Å². The Balaban J connectivity index is 1.01. The molecule has 220 valence electrons. The number of hydroxylamine groups is 1. The topological polar surface area (TPSA) is 96.0 Å². The maximum absolute atomic E-state index is 9.21. The summed E-state index contributed by atoms with van der Waals surface area (Å²) in [6.45, 7) is 8.20. The number of rotatable bonds is 8. The molecule has 5 heterocycles. The molecule has 0 aliphatic carbocycles. The van der Waals surface area contributed by atoms with E-state index >= 15 is 0 Å². The fraction of sp³-hybridized carbons (Fsp3) is 0.438. The van der Waals surface area contributed by atoms with Crippen LogP contribution in [0.25, 0.3) is 11.0 Å². The average Bonchev–Trinajstić information content (AvgIpc) is 3.73. The highest BCUT2D eigenvalue weighted by molar-refractivity contribution is 5.88. The van der Waals surface area contributed by atoms with Crippen molar-refractivity contribution in [1.82, 2.24) is 24.8 Å². The lowest BCUT2D eigenvalue weighted by molar-refractivity contribution is 0.0747. The van der Waals surface area contributed by atoms with Crippen LogP contribution in [0.1, 0.15) is 30.9 Å². The number of benzene rings is 2. The SMILES string of the molecule is OCCN1CCN(C2CCN(c3ccc(Nc4nc(N5OCC[C@H]5c5ccccc5)c5cc[nH]c5n4)cc3)CC2)CC1. The molecule has 10 heteroatoms. The van der Waals surface area contributed by atoms with Crippen molar-refractivity contribution in [3.05, 3.63) is 72.4 Å². The molecule has 0 unspecified atom stereocenters. The van der Waals surface area contributed by atoms with Crippen LogP contribution in [0.5, 0.6) is 0 Å². The van der Waals surface area contributed by atoms with E-state index in [-0.39, 0.29) is 12.6 Å². The zero-order valence-electron chi connectivity index (χ0n) is 24.0. The first kappa shape index (κ1) is 27.2. The summed E-state index contributed by atoms with van der Waals surface area (Å²) in [5.74, 6) is 1.30. The van der Waals surface area contributed by atoms with E-state index in [0.717, 1.165) is 74.8 Å². The number of hydrogen-bond acceptors (Lipinski definition) is 9. The zero-order valence-corrected chi connectivity index (χ0v) is 24.0. The molecule has 3 fully saturated rings. The molecule has 2 aromatic heterocycles. The number of piperidine rings is 1. The molecular formula is C32H40N8O2. The summed E-state index contributed by atoms with van der Waals surface area (Å²) in [4.78, 5) is 26.6. The van der Waals surface area contributed by atoms with Crippen LogP contribution in [0.3, 0.4) is 0 Å². The van der Waals surface area contributed by atoms with Gasteiger partial charge in [0.05, 0.1) is 24.6 Å². The van der Waals surface area contributed by atoms with E-state index in [2.05, 4.69) is 73.5 Å². The molecule has 3 N–H and O–H groups in total. The van der Waals surface area contributed by atoms with Gasteiger partial charge in [0, 0.05) is 75.8 Å². The third kappa shape index (κ3) is 5.67. The molecule has 0 bridgehead atoms. The molecule has 10 nitrogen and oxygen atoms in total. The molecule has 0 amide bonds. The number of β-amino-alcohol motifs (C(OH)–C–C–N with tert-alkyl or cyclic N) is 1. The van der Waals surface area contributed by atoms with E-state index in [1.165, 1.54) is 24.1 Å². The van der Waals surface area contributed by atoms with E-state index < -0.39 is 0 Å². The van der Waals surface area contributed by atoms with Crippen LogP contribution in [0.15, 0.2) is 66.9 Å². The monoisotopic (exact) mass is 568 g/mol. The van der Waals surface area contributed by atoms with E-state index in [1.54, 1.807) is 0 Å². The summed E-state index contributed by atoms with van der Waals surface area (Å²) in [7, 11) is 0. The first-order valence-corrected chi connectivity index (χ1v) is 15.3.